The summed E-state index contributed by atoms with van der Waals surface area (Å²) in [4.78, 5) is 14.5. The Kier molecular flexibility index (Phi) is 5.83. The van der Waals surface area contributed by atoms with E-state index in [1.54, 1.807) is 6.07 Å². The molecule has 1 saturated carbocycles. The second-order valence-corrected chi connectivity index (χ2v) is 10.3. The van der Waals surface area contributed by atoms with Crippen LogP contribution in [-0.4, -0.2) is 26.2 Å². The molecule has 3 unspecified atom stereocenters. The first-order valence-electron chi connectivity index (χ1n) is 12.9. The van der Waals surface area contributed by atoms with Crippen LogP contribution in [0.1, 0.15) is 68.3 Å². The summed E-state index contributed by atoms with van der Waals surface area (Å²) < 4.78 is 20.3. The number of aromatic nitrogens is 3. The molecule has 0 bridgehead atoms. The van der Waals surface area contributed by atoms with E-state index >= 15 is 0 Å². The zero-order chi connectivity index (χ0) is 24.8. The van der Waals surface area contributed by atoms with Gasteiger partial charge in [0.05, 0.1) is 28.5 Å². The molecule has 3 aliphatic carbocycles. The van der Waals surface area contributed by atoms with Crippen molar-refractivity contribution in [2.75, 3.05) is 0 Å². The van der Waals surface area contributed by atoms with E-state index in [0.29, 0.717) is 34.9 Å². The lowest BCUT2D eigenvalue weighted by Crippen LogP contribution is -2.33. The van der Waals surface area contributed by atoms with Gasteiger partial charge in [0.2, 0.25) is 5.88 Å². The monoisotopic (exact) mass is 484 g/mol. The molecule has 1 aromatic carbocycles. The van der Waals surface area contributed by atoms with Crippen molar-refractivity contribution >= 4 is 10.9 Å². The quantitative estimate of drug-likeness (QED) is 0.454. The molecule has 3 aliphatic rings. The Bertz CT molecular complexity index is 1410. The largest absolute Gasteiger partial charge is 0.511 e. The minimum atomic E-state index is -0.675. The van der Waals surface area contributed by atoms with E-state index in [1.807, 2.05) is 31.2 Å². The van der Waals surface area contributed by atoms with Crippen LogP contribution in [0.3, 0.4) is 0 Å². The first-order valence-corrected chi connectivity index (χ1v) is 12.9. The van der Waals surface area contributed by atoms with Crippen molar-refractivity contribution in [3.05, 3.63) is 58.6 Å². The molecule has 2 aromatic heterocycles. The van der Waals surface area contributed by atoms with Crippen molar-refractivity contribution in [2.45, 2.75) is 70.6 Å². The van der Waals surface area contributed by atoms with E-state index in [4.69, 9.17) is 14.7 Å². The van der Waals surface area contributed by atoms with Gasteiger partial charge in [-0.15, -0.1) is 0 Å². The SMILES string of the molecule is CC1C(O)=C(C#N)CC2c3nc(-c4cc(CF)nc5ccccc45)nc(OC4CCCC4)c3CCC12. The molecule has 0 aliphatic heterocycles. The van der Waals surface area contributed by atoms with E-state index < -0.39 is 6.67 Å². The average Bonchev–Trinajstić information content (AvgIpc) is 3.42. The van der Waals surface area contributed by atoms with E-state index in [2.05, 4.69) is 11.1 Å². The summed E-state index contributed by atoms with van der Waals surface area (Å²) in [6.07, 6.45) is 6.56. The Morgan fingerprint density at radius 1 is 1.14 bits per heavy atom. The molecule has 0 radical (unpaired) electrons. The Hall–Kier alpha value is -3.53. The van der Waals surface area contributed by atoms with Gasteiger partial charge >= 0.3 is 0 Å². The number of nitrogens with zero attached hydrogens (tertiary/aromatic N) is 4. The normalized spacial score (nSPS) is 23.9. The third-order valence-corrected chi connectivity index (χ3v) is 8.27. The minimum absolute atomic E-state index is 0.00396. The van der Waals surface area contributed by atoms with Crippen LogP contribution in [0, 0.1) is 23.2 Å². The molecule has 2 heterocycles. The van der Waals surface area contributed by atoms with Gasteiger partial charge in [0, 0.05) is 28.3 Å². The zero-order valence-electron chi connectivity index (χ0n) is 20.4. The number of ether oxygens (including phenoxy) is 1. The molecule has 3 aromatic rings. The second-order valence-electron chi connectivity index (χ2n) is 10.3. The lowest BCUT2D eigenvalue weighted by Gasteiger charge is -2.40. The number of hydrogen-bond acceptors (Lipinski definition) is 6. The van der Waals surface area contributed by atoms with Crippen molar-refractivity contribution in [1.82, 2.24) is 15.0 Å². The van der Waals surface area contributed by atoms with Crippen LogP contribution < -0.4 is 4.74 Å². The van der Waals surface area contributed by atoms with Gasteiger partial charge < -0.3 is 9.84 Å². The molecular weight excluding hydrogens is 455 g/mol. The number of allylic oxidation sites excluding steroid dienone is 2. The van der Waals surface area contributed by atoms with Gasteiger partial charge in [0.25, 0.3) is 0 Å². The first kappa shape index (κ1) is 22.9. The minimum Gasteiger partial charge on any atom is -0.511 e. The lowest BCUT2D eigenvalue weighted by atomic mass is 9.65. The van der Waals surface area contributed by atoms with Crippen LogP contribution >= 0.6 is 0 Å². The van der Waals surface area contributed by atoms with Gasteiger partial charge in [-0.1, -0.05) is 25.1 Å². The molecule has 0 amide bonds. The predicted octanol–water partition coefficient (Wildman–Crippen LogP) is 6.50. The number of benzene rings is 1. The Morgan fingerprint density at radius 2 is 1.94 bits per heavy atom. The molecule has 1 fully saturated rings. The van der Waals surface area contributed by atoms with Crippen molar-refractivity contribution in [2.24, 2.45) is 11.8 Å². The summed E-state index contributed by atoms with van der Waals surface area (Å²) in [5.74, 6) is 1.41. The summed E-state index contributed by atoms with van der Waals surface area (Å²) >= 11 is 0. The Labute approximate surface area is 209 Å². The molecule has 7 heteroatoms. The molecule has 6 nitrogen and oxygen atoms in total. The van der Waals surface area contributed by atoms with Gasteiger partial charge in [0.1, 0.15) is 18.5 Å². The van der Waals surface area contributed by atoms with Crippen LogP contribution in [0.15, 0.2) is 41.7 Å². The van der Waals surface area contributed by atoms with Gasteiger partial charge in [-0.05, 0) is 63.0 Å². The van der Waals surface area contributed by atoms with Gasteiger partial charge in [-0.25, -0.2) is 14.4 Å². The first-order chi connectivity index (χ1) is 17.6. The second kappa shape index (κ2) is 9.16. The van der Waals surface area contributed by atoms with Gasteiger partial charge in [0.15, 0.2) is 5.82 Å². The zero-order valence-corrected chi connectivity index (χ0v) is 20.4. The molecule has 0 saturated heterocycles. The van der Waals surface area contributed by atoms with Crippen LogP contribution in [0.4, 0.5) is 4.39 Å². The van der Waals surface area contributed by atoms with E-state index in [0.717, 1.165) is 60.7 Å². The fourth-order valence-electron chi connectivity index (χ4n) is 6.35. The number of hydrogen-bond donors (Lipinski definition) is 1. The van der Waals surface area contributed by atoms with Crippen LogP contribution in [0.5, 0.6) is 5.88 Å². The maximum absolute atomic E-state index is 13.8. The highest BCUT2D eigenvalue weighted by Crippen LogP contribution is 2.50. The van der Waals surface area contributed by atoms with Crippen molar-refractivity contribution in [3.63, 3.8) is 0 Å². The summed E-state index contributed by atoms with van der Waals surface area (Å²) in [6.45, 7) is 1.32. The highest BCUT2D eigenvalue weighted by molar-refractivity contribution is 5.93. The average molecular weight is 485 g/mol. The van der Waals surface area contributed by atoms with Crippen molar-refractivity contribution in [3.8, 4) is 23.3 Å². The molecule has 6 rings (SSSR count). The maximum Gasteiger partial charge on any atom is 0.220 e. The van der Waals surface area contributed by atoms with Crippen molar-refractivity contribution in [1.29, 1.82) is 5.26 Å². The number of aliphatic hydroxyl groups excluding tert-OH is 1. The van der Waals surface area contributed by atoms with E-state index in [1.165, 1.54) is 0 Å². The summed E-state index contributed by atoms with van der Waals surface area (Å²) in [6, 6.07) is 11.6. The van der Waals surface area contributed by atoms with Gasteiger partial charge in [-0.3, -0.25) is 0 Å². The third kappa shape index (κ3) is 3.80. The number of alkyl halides is 1. The smallest absolute Gasteiger partial charge is 0.220 e. The van der Waals surface area contributed by atoms with Gasteiger partial charge in [-0.2, -0.15) is 10.2 Å². The Morgan fingerprint density at radius 3 is 2.72 bits per heavy atom. The number of pyridine rings is 1. The number of para-hydroxylation sites is 1. The highest BCUT2D eigenvalue weighted by Gasteiger charge is 2.42. The summed E-state index contributed by atoms with van der Waals surface area (Å²) in [7, 11) is 0. The molecule has 36 heavy (non-hydrogen) atoms. The lowest BCUT2D eigenvalue weighted by molar-refractivity contribution is 0.182. The number of aliphatic hydroxyl groups is 1. The molecule has 184 valence electrons. The van der Waals surface area contributed by atoms with Crippen LogP contribution in [-0.2, 0) is 13.1 Å². The number of rotatable bonds is 4. The predicted molar refractivity (Wildman–Crippen MR) is 134 cm³/mol. The molecule has 0 spiro atoms. The molecule has 1 N–H and O–H groups in total. The third-order valence-electron chi connectivity index (χ3n) is 8.27. The standard InChI is InChI=1S/C29H29FN4O2/c1-16-20-10-11-22-26(23(20)12-17(15-31)27(16)35)33-28(34-29(22)36-19-6-2-3-7-19)24-13-18(14-30)32-25-9-5-4-8-21(24)25/h4-5,8-9,13,16,19-20,23,35H,2-3,6-7,10-12,14H2,1H3. The summed E-state index contributed by atoms with van der Waals surface area (Å²) in [5, 5.41) is 21.2. The van der Waals surface area contributed by atoms with Crippen molar-refractivity contribution < 1.29 is 14.2 Å². The fourth-order valence-corrected chi connectivity index (χ4v) is 6.35. The highest BCUT2D eigenvalue weighted by atomic mass is 19.1. The molecule has 3 atom stereocenters. The fraction of sp³-hybridized carbons (Fsp3) is 0.448. The van der Waals surface area contributed by atoms with Crippen LogP contribution in [0.2, 0.25) is 0 Å². The van der Waals surface area contributed by atoms with E-state index in [9.17, 15) is 14.8 Å². The van der Waals surface area contributed by atoms with Crippen LogP contribution in [0.25, 0.3) is 22.3 Å². The Balaban J connectivity index is 1.55. The number of halogens is 1. The van der Waals surface area contributed by atoms with E-state index in [-0.39, 0.29) is 29.6 Å². The topological polar surface area (TPSA) is 91.9 Å². The number of nitriles is 1. The number of fused-ring (bicyclic) bond motifs is 4. The summed E-state index contributed by atoms with van der Waals surface area (Å²) in [5.41, 5.74) is 4.13. The maximum atomic E-state index is 13.8. The molecular formula is C29H29FN4O2.